The summed E-state index contributed by atoms with van der Waals surface area (Å²) in [5.74, 6) is -1.23. The van der Waals surface area contributed by atoms with Crippen LogP contribution in [-0.4, -0.2) is 18.4 Å². The van der Waals surface area contributed by atoms with Crippen molar-refractivity contribution < 1.29 is 14.3 Å². The normalized spacial score (nSPS) is 14.0. The van der Waals surface area contributed by atoms with E-state index in [0.717, 1.165) is 25.7 Å². The van der Waals surface area contributed by atoms with Crippen molar-refractivity contribution in [1.82, 2.24) is 0 Å². The molecule has 152 valence electrons. The second-order valence-corrected chi connectivity index (χ2v) is 7.50. The van der Waals surface area contributed by atoms with Crippen LogP contribution < -0.4 is 0 Å². The molecule has 0 aromatic rings. The molecule has 0 amide bonds. The van der Waals surface area contributed by atoms with Crippen molar-refractivity contribution in [1.29, 1.82) is 0 Å². The Balaban J connectivity index is 4.53. The molecule has 0 spiro atoms. The van der Waals surface area contributed by atoms with Gasteiger partial charge in [-0.2, -0.15) is 0 Å². The maximum absolute atomic E-state index is 11.8. The fourth-order valence-electron chi connectivity index (χ4n) is 2.73. The van der Waals surface area contributed by atoms with Gasteiger partial charge in [-0.05, 0) is 80.6 Å². The molecular formula is C24H38O3. The molecule has 0 aromatic heterocycles. The van der Waals surface area contributed by atoms with Crippen molar-refractivity contribution in [3.05, 3.63) is 46.6 Å². The number of ether oxygens (including phenoxy) is 1. The third-order valence-electron chi connectivity index (χ3n) is 4.33. The Morgan fingerprint density at radius 1 is 0.852 bits per heavy atom. The summed E-state index contributed by atoms with van der Waals surface area (Å²) in [7, 11) is 0. The smallest absolute Gasteiger partial charge is 0.316 e. The monoisotopic (exact) mass is 374 g/mol. The lowest BCUT2D eigenvalue weighted by Crippen LogP contribution is -2.23. The molecule has 0 rings (SSSR count). The Hall–Kier alpha value is -1.90. The molecule has 0 bridgehead atoms. The van der Waals surface area contributed by atoms with E-state index in [4.69, 9.17) is 4.74 Å². The first-order valence-corrected chi connectivity index (χ1v) is 9.97. The highest BCUT2D eigenvalue weighted by Crippen LogP contribution is 2.15. The Morgan fingerprint density at radius 3 is 2.00 bits per heavy atom. The van der Waals surface area contributed by atoms with Gasteiger partial charge in [0.25, 0.3) is 0 Å². The second kappa shape index (κ2) is 14.2. The van der Waals surface area contributed by atoms with Crippen LogP contribution in [0.5, 0.6) is 0 Å². The van der Waals surface area contributed by atoms with Gasteiger partial charge in [0.05, 0.1) is 6.61 Å². The van der Waals surface area contributed by atoms with E-state index in [1.807, 2.05) is 13.0 Å². The second-order valence-electron chi connectivity index (χ2n) is 7.50. The molecule has 0 fully saturated rings. The number of ketones is 1. The fraction of sp³-hybridized carbons (Fsp3) is 0.583. The average Bonchev–Trinajstić information content (AvgIpc) is 2.54. The van der Waals surface area contributed by atoms with Crippen LogP contribution in [0.2, 0.25) is 0 Å². The van der Waals surface area contributed by atoms with Crippen molar-refractivity contribution in [3.63, 3.8) is 0 Å². The molecule has 3 heteroatoms. The Morgan fingerprint density at radius 2 is 1.44 bits per heavy atom. The number of esters is 1. The minimum Gasteiger partial charge on any atom is -0.465 e. The van der Waals surface area contributed by atoms with Crippen LogP contribution in [0.15, 0.2) is 46.6 Å². The third kappa shape index (κ3) is 13.0. The van der Waals surface area contributed by atoms with Crippen LogP contribution in [-0.2, 0) is 14.3 Å². The molecule has 0 aliphatic heterocycles. The molecule has 1 atom stereocenters. The van der Waals surface area contributed by atoms with Gasteiger partial charge >= 0.3 is 5.97 Å². The van der Waals surface area contributed by atoms with Crippen LogP contribution in [0.3, 0.4) is 0 Å². The molecule has 3 nitrogen and oxygen atoms in total. The summed E-state index contributed by atoms with van der Waals surface area (Å²) in [6, 6.07) is 0. The van der Waals surface area contributed by atoms with Gasteiger partial charge in [0.1, 0.15) is 11.7 Å². The van der Waals surface area contributed by atoms with E-state index in [9.17, 15) is 9.59 Å². The van der Waals surface area contributed by atoms with E-state index >= 15 is 0 Å². The standard InChI is InChI=1S/C24H38O3/c1-8-27-24(26)23(22(7)25)16-15-19(4)12-10-14-21(6)17-20(5)13-9-11-18(2)3/h11,14-15,17,23H,8-10,12-13,16H2,1-7H3/b19-15+,20-17+,21-14+. The highest BCUT2D eigenvalue weighted by Gasteiger charge is 2.23. The number of carbonyl (C=O) groups excluding carboxylic acids is 2. The first-order valence-electron chi connectivity index (χ1n) is 9.97. The first-order chi connectivity index (χ1) is 12.7. The van der Waals surface area contributed by atoms with E-state index in [0.29, 0.717) is 13.0 Å². The van der Waals surface area contributed by atoms with Crippen LogP contribution in [0.4, 0.5) is 0 Å². The number of hydrogen-bond acceptors (Lipinski definition) is 3. The van der Waals surface area contributed by atoms with Gasteiger partial charge in [0.2, 0.25) is 0 Å². The molecule has 0 saturated carbocycles. The molecule has 0 aromatic carbocycles. The Labute approximate surface area is 166 Å². The van der Waals surface area contributed by atoms with Gasteiger partial charge in [0.15, 0.2) is 0 Å². The van der Waals surface area contributed by atoms with Gasteiger partial charge in [-0.25, -0.2) is 0 Å². The van der Waals surface area contributed by atoms with Crippen molar-refractivity contribution in [3.8, 4) is 0 Å². The summed E-state index contributed by atoms with van der Waals surface area (Å²) in [6.45, 7) is 14.1. The predicted molar refractivity (Wildman–Crippen MR) is 115 cm³/mol. The quantitative estimate of drug-likeness (QED) is 0.169. The minimum atomic E-state index is -0.677. The summed E-state index contributed by atoms with van der Waals surface area (Å²) in [4.78, 5) is 23.5. The summed E-state index contributed by atoms with van der Waals surface area (Å²) < 4.78 is 4.98. The van der Waals surface area contributed by atoms with E-state index in [-0.39, 0.29) is 5.78 Å². The average molecular weight is 375 g/mol. The van der Waals surface area contributed by atoms with Crippen LogP contribution >= 0.6 is 0 Å². The van der Waals surface area contributed by atoms with E-state index < -0.39 is 11.9 Å². The molecule has 0 aliphatic carbocycles. The van der Waals surface area contributed by atoms with E-state index in [1.165, 1.54) is 29.2 Å². The van der Waals surface area contributed by atoms with Crippen molar-refractivity contribution >= 4 is 11.8 Å². The van der Waals surface area contributed by atoms with Gasteiger partial charge in [0, 0.05) is 0 Å². The zero-order valence-electron chi connectivity index (χ0n) is 18.4. The number of allylic oxidation sites excluding steroid dienone is 8. The minimum absolute atomic E-state index is 0.137. The topological polar surface area (TPSA) is 43.4 Å². The first kappa shape index (κ1) is 25.1. The SMILES string of the molecule is CCOC(=O)C(C/C=C(\C)CC/C=C(C)/C=C(\C)CCC=C(C)C)C(C)=O. The molecule has 0 N–H and O–H groups in total. The van der Waals surface area contributed by atoms with Gasteiger partial charge in [-0.1, -0.05) is 46.6 Å². The molecule has 0 heterocycles. The maximum atomic E-state index is 11.8. The molecule has 0 radical (unpaired) electrons. The van der Waals surface area contributed by atoms with Gasteiger partial charge < -0.3 is 4.74 Å². The predicted octanol–water partition coefficient (Wildman–Crippen LogP) is 6.51. The molecule has 0 saturated heterocycles. The maximum Gasteiger partial charge on any atom is 0.316 e. The molecule has 27 heavy (non-hydrogen) atoms. The Kier molecular flexibility index (Phi) is 13.2. The van der Waals surface area contributed by atoms with Crippen LogP contribution in [0.1, 0.15) is 80.6 Å². The zero-order chi connectivity index (χ0) is 20.8. The lowest BCUT2D eigenvalue weighted by Gasteiger charge is -2.10. The van der Waals surface area contributed by atoms with Crippen LogP contribution in [0, 0.1) is 5.92 Å². The fourth-order valence-corrected chi connectivity index (χ4v) is 2.73. The summed E-state index contributed by atoms with van der Waals surface area (Å²) >= 11 is 0. The summed E-state index contributed by atoms with van der Waals surface area (Å²) in [5, 5.41) is 0. The highest BCUT2D eigenvalue weighted by atomic mass is 16.5. The summed E-state index contributed by atoms with van der Waals surface area (Å²) in [6.07, 6.45) is 13.3. The van der Waals surface area contributed by atoms with Crippen molar-refractivity contribution in [2.24, 2.45) is 5.92 Å². The van der Waals surface area contributed by atoms with E-state index in [2.05, 4.69) is 45.9 Å². The number of rotatable bonds is 12. The lowest BCUT2D eigenvalue weighted by atomic mass is 9.98. The number of carbonyl (C=O) groups is 2. The highest BCUT2D eigenvalue weighted by molar-refractivity contribution is 5.97. The largest absolute Gasteiger partial charge is 0.465 e. The van der Waals surface area contributed by atoms with Crippen molar-refractivity contribution in [2.45, 2.75) is 80.6 Å². The van der Waals surface area contributed by atoms with Crippen LogP contribution in [0.25, 0.3) is 0 Å². The van der Waals surface area contributed by atoms with Gasteiger partial charge in [-0.15, -0.1) is 0 Å². The zero-order valence-corrected chi connectivity index (χ0v) is 18.4. The summed E-state index contributed by atoms with van der Waals surface area (Å²) in [5.41, 5.74) is 5.24. The molecule has 0 aliphatic rings. The number of hydrogen-bond donors (Lipinski definition) is 0. The Bertz CT molecular complexity index is 599. The number of Topliss-reactive ketones (excluding diaryl/α,β-unsaturated/α-hetero) is 1. The third-order valence-corrected chi connectivity index (χ3v) is 4.33. The molecule has 1 unspecified atom stereocenters. The van der Waals surface area contributed by atoms with Crippen molar-refractivity contribution in [2.75, 3.05) is 6.61 Å². The molecular weight excluding hydrogens is 336 g/mol. The van der Waals surface area contributed by atoms with E-state index in [1.54, 1.807) is 6.92 Å². The lowest BCUT2D eigenvalue weighted by molar-refractivity contribution is -0.150. The van der Waals surface area contributed by atoms with Gasteiger partial charge in [-0.3, -0.25) is 9.59 Å².